The summed E-state index contributed by atoms with van der Waals surface area (Å²) in [5.74, 6) is 3.30. The maximum atomic E-state index is 12.5. The average molecular weight is 334 g/mol. The molecule has 2 aliphatic carbocycles. The average Bonchev–Trinajstić information content (AvgIpc) is 3.45. The molecule has 0 aromatic carbocycles. The summed E-state index contributed by atoms with van der Waals surface area (Å²) >= 11 is 1.99. The van der Waals surface area contributed by atoms with Crippen LogP contribution in [0, 0.1) is 5.92 Å². The number of carbonyl (C=O) groups excluding carboxylic acids is 1. The predicted octanol–water partition coefficient (Wildman–Crippen LogP) is 2.68. The zero-order chi connectivity index (χ0) is 15.4. The van der Waals surface area contributed by atoms with Gasteiger partial charge in [-0.2, -0.15) is 0 Å². The molecule has 0 unspecified atom stereocenters. The zero-order valence-electron chi connectivity index (χ0n) is 13.2. The Labute approximate surface area is 140 Å². The van der Waals surface area contributed by atoms with Crippen LogP contribution >= 0.6 is 11.8 Å². The number of thioether (sulfide) groups is 1. The van der Waals surface area contributed by atoms with Crippen molar-refractivity contribution in [2.24, 2.45) is 5.92 Å². The molecule has 5 nitrogen and oxygen atoms in total. The minimum atomic E-state index is 0.0224. The summed E-state index contributed by atoms with van der Waals surface area (Å²) in [6.45, 7) is 2.59. The first-order chi connectivity index (χ1) is 11.2. The lowest BCUT2D eigenvalue weighted by Crippen LogP contribution is -2.60. The van der Waals surface area contributed by atoms with Gasteiger partial charge in [-0.3, -0.25) is 4.79 Å². The SMILES string of the molecule is O=C(c1cc(C2CC2)on1)N1CC2(C[C@H](OCC3CC3)CS2)C1. The number of nitrogens with zero attached hydrogens (tertiary/aromatic N) is 2. The van der Waals surface area contributed by atoms with Gasteiger partial charge in [0.25, 0.3) is 5.91 Å². The van der Waals surface area contributed by atoms with Crippen molar-refractivity contribution in [1.82, 2.24) is 10.1 Å². The lowest BCUT2D eigenvalue weighted by molar-refractivity contribution is 0.0282. The number of aromatic nitrogens is 1. The third kappa shape index (κ3) is 2.80. The number of likely N-dealkylation sites (tertiary alicyclic amines) is 1. The molecule has 1 atom stereocenters. The molecule has 1 aromatic rings. The minimum absolute atomic E-state index is 0.0224. The van der Waals surface area contributed by atoms with Crippen LogP contribution in [0.25, 0.3) is 0 Å². The van der Waals surface area contributed by atoms with Crippen LogP contribution in [0.4, 0.5) is 0 Å². The molecule has 2 saturated heterocycles. The van der Waals surface area contributed by atoms with Crippen LogP contribution in [0.15, 0.2) is 10.6 Å². The summed E-state index contributed by atoms with van der Waals surface area (Å²) < 4.78 is 11.6. The molecule has 4 aliphatic rings. The highest BCUT2D eigenvalue weighted by Gasteiger charge is 2.51. The summed E-state index contributed by atoms with van der Waals surface area (Å²) in [6, 6.07) is 1.84. The Morgan fingerprint density at radius 3 is 2.96 bits per heavy atom. The van der Waals surface area contributed by atoms with Crippen LogP contribution in [0.2, 0.25) is 0 Å². The highest BCUT2D eigenvalue weighted by Crippen LogP contribution is 2.47. The number of ether oxygens (including phenoxy) is 1. The first kappa shape index (κ1) is 14.3. The normalized spacial score (nSPS) is 29.0. The summed E-state index contributed by atoms with van der Waals surface area (Å²) in [7, 11) is 0. The Kier molecular flexibility index (Phi) is 3.27. The Hall–Kier alpha value is -1.01. The van der Waals surface area contributed by atoms with E-state index >= 15 is 0 Å². The molecule has 1 spiro atoms. The van der Waals surface area contributed by atoms with E-state index in [2.05, 4.69) is 5.16 Å². The molecule has 2 saturated carbocycles. The van der Waals surface area contributed by atoms with Gasteiger partial charge in [0, 0.05) is 37.4 Å². The molecule has 6 heteroatoms. The van der Waals surface area contributed by atoms with E-state index in [1.165, 1.54) is 12.8 Å². The molecule has 1 amide bonds. The Morgan fingerprint density at radius 2 is 2.22 bits per heavy atom. The first-order valence-electron chi connectivity index (χ1n) is 8.72. The lowest BCUT2D eigenvalue weighted by Gasteiger charge is -2.47. The van der Waals surface area contributed by atoms with Crippen molar-refractivity contribution in [1.29, 1.82) is 0 Å². The topological polar surface area (TPSA) is 55.6 Å². The van der Waals surface area contributed by atoms with Gasteiger partial charge < -0.3 is 14.2 Å². The zero-order valence-corrected chi connectivity index (χ0v) is 14.0. The molecule has 0 bridgehead atoms. The summed E-state index contributed by atoms with van der Waals surface area (Å²) in [4.78, 5) is 14.4. The Bertz CT molecular complexity index is 617. The van der Waals surface area contributed by atoms with E-state index in [1.807, 2.05) is 22.7 Å². The van der Waals surface area contributed by atoms with Gasteiger partial charge in [-0.15, -0.1) is 11.8 Å². The van der Waals surface area contributed by atoms with Crippen LogP contribution in [-0.4, -0.2) is 52.3 Å². The Morgan fingerprint density at radius 1 is 1.39 bits per heavy atom. The monoisotopic (exact) mass is 334 g/mol. The van der Waals surface area contributed by atoms with E-state index in [0.29, 0.717) is 17.7 Å². The minimum Gasteiger partial charge on any atom is -0.377 e. The molecular formula is C17H22N2O3S. The molecule has 23 heavy (non-hydrogen) atoms. The summed E-state index contributed by atoms with van der Waals surface area (Å²) in [5.41, 5.74) is 0.478. The molecule has 124 valence electrons. The summed E-state index contributed by atoms with van der Waals surface area (Å²) in [5, 5.41) is 3.97. The molecule has 5 rings (SSSR count). The highest BCUT2D eigenvalue weighted by atomic mass is 32.2. The quantitative estimate of drug-likeness (QED) is 0.829. The molecule has 0 N–H and O–H groups in total. The smallest absolute Gasteiger partial charge is 0.276 e. The standard InChI is InChI=1S/C17H22N2O3S/c20-16(14-5-15(22-18-14)12-3-4-12)19-9-17(10-19)6-13(8-23-17)21-7-11-1-2-11/h5,11-13H,1-4,6-10H2/t13-/m0/s1. The number of carbonyl (C=O) groups is 1. The van der Waals surface area contributed by atoms with Gasteiger partial charge >= 0.3 is 0 Å². The number of amides is 1. The van der Waals surface area contributed by atoms with Gasteiger partial charge in [0.05, 0.1) is 10.9 Å². The van der Waals surface area contributed by atoms with Gasteiger partial charge in [0.15, 0.2) is 5.69 Å². The molecule has 1 aromatic heterocycles. The van der Waals surface area contributed by atoms with Gasteiger partial charge in [0.1, 0.15) is 5.76 Å². The van der Waals surface area contributed by atoms with Crippen molar-refractivity contribution >= 4 is 17.7 Å². The van der Waals surface area contributed by atoms with Crippen LogP contribution in [-0.2, 0) is 4.74 Å². The Balaban J connectivity index is 1.15. The van der Waals surface area contributed by atoms with Crippen LogP contribution < -0.4 is 0 Å². The van der Waals surface area contributed by atoms with Gasteiger partial charge in [-0.1, -0.05) is 5.16 Å². The van der Waals surface area contributed by atoms with E-state index in [0.717, 1.165) is 56.4 Å². The number of rotatable bonds is 5. The van der Waals surface area contributed by atoms with Crippen molar-refractivity contribution in [2.75, 3.05) is 25.4 Å². The van der Waals surface area contributed by atoms with Gasteiger partial charge in [0.2, 0.25) is 0 Å². The van der Waals surface area contributed by atoms with E-state index in [1.54, 1.807) is 0 Å². The van der Waals surface area contributed by atoms with E-state index < -0.39 is 0 Å². The fraction of sp³-hybridized carbons (Fsp3) is 0.765. The number of hydrogen-bond donors (Lipinski definition) is 0. The van der Waals surface area contributed by atoms with Crippen LogP contribution in [0.5, 0.6) is 0 Å². The second-order valence-electron chi connectivity index (χ2n) is 7.65. The summed E-state index contributed by atoms with van der Waals surface area (Å²) in [6.07, 6.45) is 6.47. The second-order valence-corrected chi connectivity index (χ2v) is 9.13. The molecule has 3 heterocycles. The fourth-order valence-electron chi connectivity index (χ4n) is 3.59. The van der Waals surface area contributed by atoms with Crippen LogP contribution in [0.3, 0.4) is 0 Å². The van der Waals surface area contributed by atoms with Crippen molar-refractivity contribution in [3.63, 3.8) is 0 Å². The molecule has 0 radical (unpaired) electrons. The third-order valence-electron chi connectivity index (χ3n) is 5.41. The van der Waals surface area contributed by atoms with Crippen molar-refractivity contribution in [3.05, 3.63) is 17.5 Å². The maximum absolute atomic E-state index is 12.5. The second kappa shape index (κ2) is 5.24. The maximum Gasteiger partial charge on any atom is 0.276 e. The van der Waals surface area contributed by atoms with E-state index in [9.17, 15) is 4.79 Å². The molecule has 2 aliphatic heterocycles. The third-order valence-corrected chi connectivity index (χ3v) is 6.99. The fourth-order valence-corrected chi connectivity index (χ4v) is 5.14. The van der Waals surface area contributed by atoms with Crippen molar-refractivity contribution < 1.29 is 14.1 Å². The van der Waals surface area contributed by atoms with Gasteiger partial charge in [-0.05, 0) is 38.0 Å². The van der Waals surface area contributed by atoms with E-state index in [-0.39, 0.29) is 10.7 Å². The largest absolute Gasteiger partial charge is 0.377 e. The molecular weight excluding hydrogens is 312 g/mol. The van der Waals surface area contributed by atoms with Crippen molar-refractivity contribution in [3.8, 4) is 0 Å². The molecule has 4 fully saturated rings. The van der Waals surface area contributed by atoms with Crippen LogP contribution in [0.1, 0.15) is 54.3 Å². The number of hydrogen-bond acceptors (Lipinski definition) is 5. The van der Waals surface area contributed by atoms with Crippen molar-refractivity contribution in [2.45, 2.75) is 48.9 Å². The first-order valence-corrected chi connectivity index (χ1v) is 9.71. The van der Waals surface area contributed by atoms with Gasteiger partial charge in [-0.25, -0.2) is 0 Å². The lowest BCUT2D eigenvalue weighted by atomic mass is 9.92. The predicted molar refractivity (Wildman–Crippen MR) is 86.7 cm³/mol. The van der Waals surface area contributed by atoms with E-state index in [4.69, 9.17) is 9.26 Å². The highest BCUT2D eigenvalue weighted by molar-refractivity contribution is 8.01.